The summed E-state index contributed by atoms with van der Waals surface area (Å²) in [6.07, 6.45) is -10.2. The minimum atomic E-state index is -2.47. The molecular formula is C90H84F6I6O12. The van der Waals surface area contributed by atoms with Gasteiger partial charge in [-0.05, 0) is 0 Å². The fraction of sp³-hybridized carbons (Fsp3) is 0.133. The Bertz CT molecular complexity index is 3940. The summed E-state index contributed by atoms with van der Waals surface area (Å²) >= 11 is -14.8. The Labute approximate surface area is 708 Å². The zero-order valence-electron chi connectivity index (χ0n) is 64.1. The molecule has 0 saturated carbocycles. The van der Waals surface area contributed by atoms with E-state index in [1.807, 2.05) is 374 Å². The first-order valence-electron chi connectivity index (χ1n) is 34.6. The first kappa shape index (κ1) is 92.6. The molecule has 12 aromatic rings. The minimum absolute atomic E-state index is 0.907. The van der Waals surface area contributed by atoms with Gasteiger partial charge >= 0.3 is 716 Å². The van der Waals surface area contributed by atoms with E-state index in [-0.39, 0.29) is 0 Å². The summed E-state index contributed by atoms with van der Waals surface area (Å²) in [7, 11) is 0. The Morgan fingerprint density at radius 1 is 0.149 bits per heavy atom. The average molecular weight is 2230 g/mol. The zero-order chi connectivity index (χ0) is 83.0. The molecule has 0 aliphatic rings. The standard InChI is InChI=1S/6C15H14FIO2/c6*1-11-3-7-13(8-4-11)17(19-15(16)18)14-9-5-12(2)6-10-14/h6*3-10H,1-2H3. The number of carbonyl (C=O) groups excluding carboxylic acids is 6. The van der Waals surface area contributed by atoms with Crippen LogP contribution in [0.25, 0.3) is 0 Å². The van der Waals surface area contributed by atoms with Crippen molar-refractivity contribution in [2.75, 3.05) is 0 Å². The maximum absolute atomic E-state index is 12.7. The summed E-state index contributed by atoms with van der Waals surface area (Å²) in [4.78, 5) is 64.1. The van der Waals surface area contributed by atoms with Crippen molar-refractivity contribution >= 4 is 159 Å². The predicted octanol–water partition coefficient (Wildman–Crippen LogP) is 29.2. The van der Waals surface area contributed by atoms with Gasteiger partial charge in [0.05, 0.1) is 0 Å². The third-order valence-electron chi connectivity index (χ3n) is 15.3. The van der Waals surface area contributed by atoms with Gasteiger partial charge in [-0.15, -0.1) is 0 Å². The van der Waals surface area contributed by atoms with Crippen LogP contribution in [-0.4, -0.2) is 37.3 Å². The second-order valence-electron chi connectivity index (χ2n) is 24.9. The van der Waals surface area contributed by atoms with Crippen LogP contribution < -0.4 is 0 Å². The van der Waals surface area contributed by atoms with Crippen molar-refractivity contribution in [3.8, 4) is 0 Å². The average Bonchev–Trinajstić information content (AvgIpc) is 0.868. The molecule has 0 fully saturated rings. The molecule has 0 radical (unpaired) electrons. The van der Waals surface area contributed by atoms with E-state index in [9.17, 15) is 55.1 Å². The van der Waals surface area contributed by atoms with E-state index in [0.29, 0.717) is 0 Å². The van der Waals surface area contributed by atoms with Crippen LogP contribution in [0.5, 0.6) is 0 Å². The van der Waals surface area contributed by atoms with Gasteiger partial charge in [0.2, 0.25) is 0 Å². The first-order chi connectivity index (χ1) is 54.4. The topological polar surface area (TPSA) is 158 Å². The number of carbonyl (C=O) groups is 6. The number of hydrogen-bond donors (Lipinski definition) is 0. The SMILES string of the molecule is Cc1ccc(I(OC(=O)F)c2ccc(C)cc2)cc1.Cc1ccc(I(OC(=O)F)c2ccc(C)cc2)cc1.Cc1ccc(I(OC(=O)F)c2ccc(C)cc2)cc1.Cc1ccc(I(OC(=O)F)c2ccc(C)cc2)cc1.Cc1ccc(I(OC(=O)F)c2ccc(C)cc2)cc1.Cc1ccc(I(OC(=O)F)c2ccc(C)cc2)cc1. The molecule has 0 atom stereocenters. The number of hydrogen-bond acceptors (Lipinski definition) is 12. The van der Waals surface area contributed by atoms with Gasteiger partial charge in [-0.25, -0.2) is 0 Å². The molecule has 600 valence electrons. The van der Waals surface area contributed by atoms with Gasteiger partial charge in [0, 0.05) is 0 Å². The van der Waals surface area contributed by atoms with E-state index in [4.69, 9.17) is 18.4 Å². The van der Waals surface area contributed by atoms with Gasteiger partial charge in [-0.1, -0.05) is 0 Å². The first-order valence-corrected chi connectivity index (χ1v) is 52.9. The molecule has 0 spiro atoms. The summed E-state index contributed by atoms with van der Waals surface area (Å²) in [6.45, 7) is 23.8. The van der Waals surface area contributed by atoms with Crippen molar-refractivity contribution in [1.29, 1.82) is 0 Å². The summed E-state index contributed by atoms with van der Waals surface area (Å²) in [5, 5.41) is 0. The quantitative estimate of drug-likeness (QED) is 0.0455. The van der Waals surface area contributed by atoms with Crippen LogP contribution in [-0.2, 0) is 18.4 Å². The summed E-state index contributed by atoms with van der Waals surface area (Å²) in [5.74, 6) is 0. The van der Waals surface area contributed by atoms with Crippen LogP contribution in [0.2, 0.25) is 0 Å². The molecule has 114 heavy (non-hydrogen) atoms. The number of rotatable bonds is 18. The van der Waals surface area contributed by atoms with Crippen LogP contribution in [0, 0.1) is 126 Å². The Balaban J connectivity index is 0.000000189. The molecule has 0 heterocycles. The van der Waals surface area contributed by atoms with E-state index in [1.54, 1.807) is 0 Å². The summed E-state index contributed by atoms with van der Waals surface area (Å²) in [5.41, 5.74) is 13.4. The van der Waals surface area contributed by atoms with Crippen LogP contribution in [0.1, 0.15) is 66.8 Å². The summed E-state index contributed by atoms with van der Waals surface area (Å²) < 4.78 is 117. The summed E-state index contributed by atoms with van der Waals surface area (Å²) in [6, 6.07) is 92.4. The van der Waals surface area contributed by atoms with E-state index >= 15 is 0 Å². The molecule has 0 aliphatic heterocycles. The molecule has 12 rings (SSSR count). The van der Waals surface area contributed by atoms with Crippen LogP contribution in [0.3, 0.4) is 0 Å². The Morgan fingerprint density at radius 3 is 0.263 bits per heavy atom. The number of halogens is 12. The second-order valence-corrected chi connectivity index (χ2v) is 51.0. The van der Waals surface area contributed by atoms with Gasteiger partial charge in [-0.3, -0.25) is 0 Å². The maximum atomic E-state index is 12.7. The van der Waals surface area contributed by atoms with Crippen molar-refractivity contribution in [3.05, 3.63) is 401 Å². The van der Waals surface area contributed by atoms with Gasteiger partial charge in [0.15, 0.2) is 0 Å². The van der Waals surface area contributed by atoms with Gasteiger partial charge < -0.3 is 0 Å². The molecule has 0 aromatic heterocycles. The fourth-order valence-electron chi connectivity index (χ4n) is 9.43. The van der Waals surface area contributed by atoms with Crippen molar-refractivity contribution in [2.45, 2.75) is 83.1 Å². The third-order valence-corrected chi connectivity index (χ3v) is 42.3. The molecule has 0 N–H and O–H groups in total. The van der Waals surface area contributed by atoms with E-state index < -0.39 is 159 Å². The monoisotopic (exact) mass is 2230 g/mol. The molecule has 0 saturated heterocycles. The van der Waals surface area contributed by atoms with Crippen molar-refractivity contribution in [1.82, 2.24) is 0 Å². The fourth-order valence-corrected chi connectivity index (χ4v) is 31.0. The van der Waals surface area contributed by atoms with E-state index in [1.165, 1.54) is 0 Å². The Hall–Kier alpha value is -8.58. The Morgan fingerprint density at radius 2 is 0.211 bits per heavy atom. The van der Waals surface area contributed by atoms with Gasteiger partial charge in [-0.2, -0.15) is 0 Å². The molecule has 12 nitrogen and oxygen atoms in total. The van der Waals surface area contributed by atoms with E-state index in [2.05, 4.69) is 0 Å². The van der Waals surface area contributed by atoms with Gasteiger partial charge in [0.1, 0.15) is 0 Å². The van der Waals surface area contributed by atoms with Crippen LogP contribution >= 0.6 is 121 Å². The van der Waals surface area contributed by atoms with Crippen molar-refractivity contribution < 1.29 is 73.5 Å². The van der Waals surface area contributed by atoms with Crippen LogP contribution in [0.15, 0.2) is 291 Å². The predicted molar refractivity (Wildman–Crippen MR) is 488 cm³/mol. The third kappa shape index (κ3) is 32.2. The molecule has 24 heteroatoms. The molecule has 0 aliphatic carbocycles. The molecule has 0 bridgehead atoms. The number of benzene rings is 12. The number of aryl methyl sites for hydroxylation is 12. The second kappa shape index (κ2) is 47.4. The Kier molecular flexibility index (Phi) is 38.5. The molecule has 0 amide bonds. The zero-order valence-corrected chi connectivity index (χ0v) is 77.1. The van der Waals surface area contributed by atoms with Crippen molar-refractivity contribution in [2.24, 2.45) is 0 Å². The van der Waals surface area contributed by atoms with Crippen molar-refractivity contribution in [3.63, 3.8) is 0 Å². The normalized spacial score (nSPS) is 11.0. The molecule has 12 aromatic carbocycles. The van der Waals surface area contributed by atoms with Gasteiger partial charge in [0.25, 0.3) is 0 Å². The molecular weight excluding hydrogens is 2150 g/mol. The molecule has 0 unspecified atom stereocenters. The van der Waals surface area contributed by atoms with E-state index in [0.717, 1.165) is 110 Å². The van der Waals surface area contributed by atoms with Crippen LogP contribution in [0.4, 0.5) is 55.1 Å².